The molecule has 0 N–H and O–H groups in total. The predicted molar refractivity (Wildman–Crippen MR) is 25.5 cm³/mol. The van der Waals surface area contributed by atoms with Crippen LogP contribution in [0.1, 0.15) is 20.8 Å². The van der Waals surface area contributed by atoms with E-state index in [-0.39, 0.29) is 51.4 Å². The number of hydrogen-bond donors (Lipinski definition) is 0. The van der Waals surface area contributed by atoms with Gasteiger partial charge in [0.25, 0.3) is 0 Å². The van der Waals surface area contributed by atoms with Gasteiger partial charge in [-0.25, -0.2) is 0 Å². The summed E-state index contributed by atoms with van der Waals surface area (Å²) in [4.78, 5) is 13.5. The van der Waals surface area contributed by atoms with Gasteiger partial charge in [0.2, 0.25) is 0 Å². The van der Waals surface area contributed by atoms with Gasteiger partial charge >= 0.3 is 57.4 Å². The van der Waals surface area contributed by atoms with Crippen LogP contribution in [0.5, 0.6) is 0 Å². The first-order chi connectivity index (χ1) is 3.48. The van der Waals surface area contributed by atoms with Crippen LogP contribution < -0.4 is 56.6 Å². The Labute approximate surface area is 97.1 Å². The molecule has 0 aromatic rings. The molecule has 0 unspecified atom stereocenters. The summed E-state index contributed by atoms with van der Waals surface area (Å²) in [5, 5.41) is 9.43. The van der Waals surface area contributed by atoms with Crippen molar-refractivity contribution in [2.24, 2.45) is 5.41 Å². The molecule has 0 radical (unpaired) electrons. The molecule has 0 rings (SSSR count). The molecule has 48 valence electrons. The molecule has 0 aromatic heterocycles. The van der Waals surface area contributed by atoms with Crippen LogP contribution >= 0.6 is 0 Å². The van der Waals surface area contributed by atoms with Gasteiger partial charge in [-0.3, -0.25) is 4.79 Å². The van der Waals surface area contributed by atoms with E-state index in [2.05, 4.69) is 4.89 Å². The fourth-order valence-corrected chi connectivity index (χ4v) is 0.125. The summed E-state index contributed by atoms with van der Waals surface area (Å²) >= 11 is 0. The maximum atomic E-state index is 10.3. The Bertz CT molecular complexity index is 94.9. The quantitative estimate of drug-likeness (QED) is 0.211. The largest absolute Gasteiger partial charge is 1.00 e. The van der Waals surface area contributed by atoms with Crippen LogP contribution in [0.3, 0.4) is 0 Å². The molecule has 9 heavy (non-hydrogen) atoms. The third-order valence-corrected chi connectivity index (χ3v) is 0.688. The molecular weight excluding hydrogens is 147 g/mol. The van der Waals surface area contributed by atoms with Gasteiger partial charge in [-0.15, -0.1) is 0 Å². The van der Waals surface area contributed by atoms with Crippen LogP contribution in [0.2, 0.25) is 0 Å². The summed E-state index contributed by atoms with van der Waals surface area (Å²) in [5.74, 6) is -0.725. The van der Waals surface area contributed by atoms with Crippen molar-refractivity contribution in [3.63, 3.8) is 0 Å². The van der Waals surface area contributed by atoms with Crippen LogP contribution in [0.15, 0.2) is 0 Å². The Morgan fingerprint density at radius 3 is 1.78 bits per heavy atom. The number of rotatable bonds is 0. The SMILES string of the molecule is CC(C)(C)C(=O)O[O-].[K+]. The van der Waals surface area contributed by atoms with Gasteiger partial charge in [0.05, 0.1) is 5.41 Å². The van der Waals surface area contributed by atoms with Gasteiger partial charge in [0, 0.05) is 0 Å². The van der Waals surface area contributed by atoms with Crippen molar-refractivity contribution in [3.8, 4) is 0 Å². The van der Waals surface area contributed by atoms with Crippen molar-refractivity contribution in [1.82, 2.24) is 0 Å². The van der Waals surface area contributed by atoms with Crippen molar-refractivity contribution >= 4 is 5.97 Å². The second-order valence-electron chi connectivity index (χ2n) is 2.62. The molecule has 4 heteroatoms. The maximum Gasteiger partial charge on any atom is 1.00 e. The van der Waals surface area contributed by atoms with Gasteiger partial charge in [-0.1, -0.05) is 0 Å². The van der Waals surface area contributed by atoms with E-state index in [1.807, 2.05) is 0 Å². The standard InChI is InChI=1S/C5H10O3.K/c1-5(2,3)4(6)8-7;/h7H,1-3H3;/q;+1/p-1. The van der Waals surface area contributed by atoms with E-state index in [1.54, 1.807) is 20.8 Å². The summed E-state index contributed by atoms with van der Waals surface area (Å²) in [7, 11) is 0. The average Bonchev–Trinajstić information content (AvgIpc) is 1.62. The number of carbonyl (C=O) groups excluding carboxylic acids is 1. The molecule has 0 bridgehead atoms. The van der Waals surface area contributed by atoms with Crippen LogP contribution in [0, 0.1) is 5.41 Å². The maximum absolute atomic E-state index is 10.3. The van der Waals surface area contributed by atoms with E-state index in [9.17, 15) is 10.1 Å². The van der Waals surface area contributed by atoms with Crippen LogP contribution in [0.25, 0.3) is 0 Å². The molecule has 0 spiro atoms. The van der Waals surface area contributed by atoms with Gasteiger partial charge in [-0.05, 0) is 20.8 Å². The van der Waals surface area contributed by atoms with E-state index in [0.717, 1.165) is 0 Å². The monoisotopic (exact) mass is 156 g/mol. The van der Waals surface area contributed by atoms with Crippen molar-refractivity contribution < 1.29 is 66.3 Å². The first-order valence-electron chi connectivity index (χ1n) is 2.32. The molecule has 0 aliphatic heterocycles. The third kappa shape index (κ3) is 5.51. The Morgan fingerprint density at radius 2 is 1.78 bits per heavy atom. The summed E-state index contributed by atoms with van der Waals surface area (Å²) < 4.78 is 0. The van der Waals surface area contributed by atoms with E-state index < -0.39 is 11.4 Å². The molecular formula is C5H9KO3. The van der Waals surface area contributed by atoms with Crippen molar-refractivity contribution in [3.05, 3.63) is 0 Å². The zero-order chi connectivity index (χ0) is 6.78. The normalized spacial score (nSPS) is 9.78. The smallest absolute Gasteiger partial charge is 0.662 e. The Hall–Kier alpha value is 1.07. The summed E-state index contributed by atoms with van der Waals surface area (Å²) in [6.45, 7) is 4.85. The second-order valence-corrected chi connectivity index (χ2v) is 2.62. The molecule has 0 fully saturated rings. The Balaban J connectivity index is 0. The summed E-state index contributed by atoms with van der Waals surface area (Å²) in [5.41, 5.74) is -0.665. The van der Waals surface area contributed by atoms with E-state index >= 15 is 0 Å². The number of carbonyl (C=O) groups is 1. The fraction of sp³-hybridized carbons (Fsp3) is 0.800. The minimum Gasteiger partial charge on any atom is -0.662 e. The zero-order valence-electron chi connectivity index (χ0n) is 6.22. The minimum absolute atomic E-state index is 0. The zero-order valence-corrected chi connectivity index (χ0v) is 9.35. The van der Waals surface area contributed by atoms with Crippen molar-refractivity contribution in [1.29, 1.82) is 0 Å². The summed E-state index contributed by atoms with van der Waals surface area (Å²) in [6.07, 6.45) is 0. The third-order valence-electron chi connectivity index (χ3n) is 0.688. The molecule has 0 aromatic carbocycles. The average molecular weight is 156 g/mol. The first kappa shape index (κ1) is 12.7. The molecule has 0 atom stereocenters. The Morgan fingerprint density at radius 1 is 1.44 bits per heavy atom. The van der Waals surface area contributed by atoms with Crippen molar-refractivity contribution in [2.75, 3.05) is 0 Å². The molecule has 0 aliphatic carbocycles. The molecule has 3 nitrogen and oxygen atoms in total. The topological polar surface area (TPSA) is 49.4 Å². The van der Waals surface area contributed by atoms with Gasteiger partial charge in [0.15, 0.2) is 0 Å². The number of hydrogen-bond acceptors (Lipinski definition) is 3. The van der Waals surface area contributed by atoms with Gasteiger partial charge < -0.3 is 10.1 Å². The molecule has 0 amide bonds. The fourth-order valence-electron chi connectivity index (χ4n) is 0.125. The Kier molecular flexibility index (Phi) is 6.81. The summed E-state index contributed by atoms with van der Waals surface area (Å²) in [6, 6.07) is 0. The van der Waals surface area contributed by atoms with Crippen molar-refractivity contribution in [2.45, 2.75) is 20.8 Å². The van der Waals surface area contributed by atoms with E-state index in [1.165, 1.54) is 0 Å². The van der Waals surface area contributed by atoms with Crippen LogP contribution in [0.4, 0.5) is 0 Å². The van der Waals surface area contributed by atoms with Gasteiger partial charge in [-0.2, -0.15) is 0 Å². The molecule has 0 saturated heterocycles. The molecule has 0 aliphatic rings. The van der Waals surface area contributed by atoms with E-state index in [4.69, 9.17) is 0 Å². The molecule has 0 saturated carbocycles. The van der Waals surface area contributed by atoms with Crippen LogP contribution in [-0.4, -0.2) is 5.97 Å². The first-order valence-corrected chi connectivity index (χ1v) is 2.32. The predicted octanol–water partition coefficient (Wildman–Crippen LogP) is -3.14. The van der Waals surface area contributed by atoms with Gasteiger partial charge in [0.1, 0.15) is 0 Å². The second kappa shape index (κ2) is 4.82. The van der Waals surface area contributed by atoms with E-state index in [0.29, 0.717) is 0 Å². The molecule has 0 heterocycles. The van der Waals surface area contributed by atoms with Crippen LogP contribution in [-0.2, 0) is 9.68 Å². The minimum atomic E-state index is -0.725.